The molecule has 0 aliphatic rings. The van der Waals surface area contributed by atoms with Crippen molar-refractivity contribution in [1.29, 1.82) is 0 Å². The summed E-state index contributed by atoms with van der Waals surface area (Å²) in [5, 5.41) is 0. The van der Waals surface area contributed by atoms with Gasteiger partial charge in [-0.1, -0.05) is 0 Å². The summed E-state index contributed by atoms with van der Waals surface area (Å²) >= 11 is 0. The molecule has 6 heteroatoms. The van der Waals surface area contributed by atoms with Gasteiger partial charge in [0, 0.05) is 7.05 Å². The Bertz CT molecular complexity index is 141. The SMILES string of the molecule is CN(C=O)CP(=O)(O)O. The molecule has 0 unspecified atom stereocenters. The van der Waals surface area contributed by atoms with Crippen molar-refractivity contribution < 1.29 is 19.1 Å². The molecule has 0 saturated carbocycles. The number of amides is 1. The first kappa shape index (κ1) is 8.62. The normalized spacial score (nSPS) is 11.0. The molecule has 0 radical (unpaired) electrons. The molecule has 0 heterocycles. The number of carbonyl (C=O) groups excluding carboxylic acids is 1. The van der Waals surface area contributed by atoms with Crippen LogP contribution in [0.3, 0.4) is 0 Å². The Morgan fingerprint density at radius 1 is 1.67 bits per heavy atom. The van der Waals surface area contributed by atoms with E-state index in [0.717, 1.165) is 4.90 Å². The average molecular weight is 153 g/mol. The summed E-state index contributed by atoms with van der Waals surface area (Å²) in [6.45, 7) is 0. The van der Waals surface area contributed by atoms with Crippen molar-refractivity contribution in [2.75, 3.05) is 13.3 Å². The number of nitrogens with zero attached hydrogens (tertiary/aromatic N) is 1. The molecule has 0 fully saturated rings. The highest BCUT2D eigenvalue weighted by atomic mass is 31.2. The van der Waals surface area contributed by atoms with E-state index in [9.17, 15) is 9.36 Å². The van der Waals surface area contributed by atoms with Crippen molar-refractivity contribution in [3.8, 4) is 0 Å². The topological polar surface area (TPSA) is 77.8 Å². The summed E-state index contributed by atoms with van der Waals surface area (Å²) in [5.74, 6) is 0. The Kier molecular flexibility index (Phi) is 2.84. The predicted octanol–water partition coefficient (Wildman–Crippen LogP) is -0.790. The van der Waals surface area contributed by atoms with Crippen LogP contribution in [0, 0.1) is 0 Å². The van der Waals surface area contributed by atoms with E-state index in [2.05, 4.69) is 0 Å². The molecule has 0 aromatic carbocycles. The molecule has 0 spiro atoms. The van der Waals surface area contributed by atoms with E-state index in [1.54, 1.807) is 0 Å². The Balaban J connectivity index is 3.74. The second-order valence-corrected chi connectivity index (χ2v) is 3.28. The molecular weight excluding hydrogens is 145 g/mol. The smallest absolute Gasteiger partial charge is 0.336 e. The van der Waals surface area contributed by atoms with Crippen LogP contribution in [0.25, 0.3) is 0 Å². The van der Waals surface area contributed by atoms with Crippen molar-refractivity contribution in [3.63, 3.8) is 0 Å². The molecule has 0 saturated heterocycles. The number of hydrogen-bond acceptors (Lipinski definition) is 2. The molecule has 5 nitrogen and oxygen atoms in total. The maximum Gasteiger partial charge on any atom is 0.344 e. The molecule has 0 atom stereocenters. The Morgan fingerprint density at radius 2 is 2.11 bits per heavy atom. The van der Waals surface area contributed by atoms with Crippen LogP contribution in [0.5, 0.6) is 0 Å². The second kappa shape index (κ2) is 2.96. The Labute approximate surface area is 52.4 Å². The molecular formula is C3H8NO4P. The maximum absolute atomic E-state index is 10.1. The van der Waals surface area contributed by atoms with Crippen molar-refractivity contribution in [1.82, 2.24) is 4.90 Å². The third kappa shape index (κ3) is 5.49. The molecule has 2 N–H and O–H groups in total. The summed E-state index contributed by atoms with van der Waals surface area (Å²) in [4.78, 5) is 27.1. The molecule has 54 valence electrons. The van der Waals surface area contributed by atoms with Crippen molar-refractivity contribution in [2.45, 2.75) is 0 Å². The molecule has 0 aromatic rings. The standard InChI is InChI=1S/C3H8NO4P/c1-4(2-5)3-9(6,7)8/h2H,3H2,1H3,(H2,6,7,8). The first-order chi connectivity index (χ1) is 3.95. The fourth-order valence-electron chi connectivity index (χ4n) is 0.324. The van der Waals surface area contributed by atoms with Gasteiger partial charge in [-0.05, 0) is 0 Å². The molecule has 0 aliphatic carbocycles. The van der Waals surface area contributed by atoms with Gasteiger partial charge in [-0.15, -0.1) is 0 Å². The van der Waals surface area contributed by atoms with Gasteiger partial charge in [0.05, 0.1) is 0 Å². The second-order valence-electron chi connectivity index (χ2n) is 1.67. The first-order valence-electron chi connectivity index (χ1n) is 2.16. The lowest BCUT2D eigenvalue weighted by Gasteiger charge is -2.10. The molecule has 1 amide bonds. The summed E-state index contributed by atoms with van der Waals surface area (Å²) in [7, 11) is -2.75. The van der Waals surface area contributed by atoms with E-state index >= 15 is 0 Å². The van der Waals surface area contributed by atoms with E-state index in [-0.39, 0.29) is 0 Å². The summed E-state index contributed by atoms with van der Waals surface area (Å²) < 4.78 is 10.1. The van der Waals surface area contributed by atoms with Gasteiger partial charge in [0.15, 0.2) is 0 Å². The van der Waals surface area contributed by atoms with Crippen LogP contribution in [0.15, 0.2) is 0 Å². The van der Waals surface area contributed by atoms with Gasteiger partial charge < -0.3 is 14.7 Å². The molecule has 9 heavy (non-hydrogen) atoms. The van der Waals surface area contributed by atoms with Gasteiger partial charge >= 0.3 is 7.60 Å². The lowest BCUT2D eigenvalue weighted by molar-refractivity contribution is -0.116. The van der Waals surface area contributed by atoms with E-state index in [4.69, 9.17) is 9.79 Å². The highest BCUT2D eigenvalue weighted by Crippen LogP contribution is 2.33. The van der Waals surface area contributed by atoms with Crippen LogP contribution in [0.4, 0.5) is 0 Å². The number of rotatable bonds is 3. The van der Waals surface area contributed by atoms with Gasteiger partial charge in [-0.25, -0.2) is 0 Å². The van der Waals surface area contributed by atoms with Gasteiger partial charge in [0.2, 0.25) is 6.41 Å². The van der Waals surface area contributed by atoms with Crippen LogP contribution in [0.1, 0.15) is 0 Å². The largest absolute Gasteiger partial charge is 0.344 e. The van der Waals surface area contributed by atoms with Crippen molar-refractivity contribution in [3.05, 3.63) is 0 Å². The fraction of sp³-hybridized carbons (Fsp3) is 0.667. The minimum absolute atomic E-state index is 0.360. The van der Waals surface area contributed by atoms with E-state index in [0.29, 0.717) is 6.41 Å². The number of hydrogen-bond donors (Lipinski definition) is 2. The van der Waals surface area contributed by atoms with Crippen LogP contribution >= 0.6 is 7.60 Å². The monoisotopic (exact) mass is 153 g/mol. The maximum atomic E-state index is 10.1. The van der Waals surface area contributed by atoms with Crippen molar-refractivity contribution >= 4 is 14.0 Å². The molecule has 0 rings (SSSR count). The van der Waals surface area contributed by atoms with Gasteiger partial charge in [0.1, 0.15) is 6.29 Å². The summed E-state index contributed by atoms with van der Waals surface area (Å²) in [6.07, 6.45) is -0.157. The summed E-state index contributed by atoms with van der Waals surface area (Å²) in [5.41, 5.74) is 0. The van der Waals surface area contributed by atoms with Gasteiger partial charge in [-0.2, -0.15) is 0 Å². The predicted molar refractivity (Wildman–Crippen MR) is 30.7 cm³/mol. The third-order valence-electron chi connectivity index (χ3n) is 0.587. The van der Waals surface area contributed by atoms with Crippen LogP contribution in [0.2, 0.25) is 0 Å². The number of carbonyl (C=O) groups is 1. The fourth-order valence-corrected chi connectivity index (χ4v) is 0.972. The van der Waals surface area contributed by atoms with E-state index in [1.807, 2.05) is 0 Å². The zero-order chi connectivity index (χ0) is 7.49. The van der Waals surface area contributed by atoms with Crippen molar-refractivity contribution in [2.24, 2.45) is 0 Å². The van der Waals surface area contributed by atoms with Crippen LogP contribution in [-0.2, 0) is 9.36 Å². The highest BCUT2D eigenvalue weighted by molar-refractivity contribution is 7.51. The minimum atomic E-state index is -4.04. The lowest BCUT2D eigenvalue weighted by atomic mass is 11.0. The van der Waals surface area contributed by atoms with Gasteiger partial charge in [-0.3, -0.25) is 9.36 Å². The van der Waals surface area contributed by atoms with E-state index in [1.165, 1.54) is 7.05 Å². The van der Waals surface area contributed by atoms with E-state index < -0.39 is 13.9 Å². The minimum Gasteiger partial charge on any atom is -0.336 e. The Morgan fingerprint density at radius 3 is 2.22 bits per heavy atom. The van der Waals surface area contributed by atoms with Gasteiger partial charge in [0.25, 0.3) is 0 Å². The average Bonchev–Trinajstić information content (AvgIpc) is 1.62. The quantitative estimate of drug-likeness (QED) is 0.411. The molecule has 0 bridgehead atoms. The lowest BCUT2D eigenvalue weighted by Crippen LogP contribution is -2.16. The molecule has 0 aromatic heterocycles. The van der Waals surface area contributed by atoms with Crippen LogP contribution < -0.4 is 0 Å². The zero-order valence-corrected chi connectivity index (χ0v) is 5.78. The molecule has 0 aliphatic heterocycles. The first-order valence-corrected chi connectivity index (χ1v) is 3.95. The highest BCUT2D eigenvalue weighted by Gasteiger charge is 2.14. The van der Waals surface area contributed by atoms with Crippen LogP contribution in [-0.4, -0.2) is 34.4 Å². The third-order valence-corrected chi connectivity index (χ3v) is 1.40. The zero-order valence-electron chi connectivity index (χ0n) is 4.89. The Hall–Kier alpha value is -0.380. The summed E-state index contributed by atoms with van der Waals surface area (Å²) in [6, 6.07) is 0.